The van der Waals surface area contributed by atoms with Gasteiger partial charge >= 0.3 is 0 Å². The molecule has 4 aliphatic heterocycles. The maximum absolute atomic E-state index is 2.96. The molecule has 0 bridgehead atoms. The Balaban J connectivity index is 1.12. The molecular formula is C71H72BN3. The molecule has 14 rings (SSSR count). The first-order valence-electron chi connectivity index (χ1n) is 28.4. The Labute approximate surface area is 447 Å². The number of anilines is 7. The van der Waals surface area contributed by atoms with Gasteiger partial charge < -0.3 is 14.7 Å². The van der Waals surface area contributed by atoms with Gasteiger partial charge in [0.1, 0.15) is 0 Å². The average molecular weight is 978 g/mol. The molecule has 2 fully saturated rings. The molecule has 0 amide bonds. The third kappa shape index (κ3) is 6.41. The van der Waals surface area contributed by atoms with Gasteiger partial charge in [0.05, 0.1) is 11.1 Å². The average Bonchev–Trinajstić information content (AvgIpc) is 4.04. The van der Waals surface area contributed by atoms with Crippen molar-refractivity contribution in [3.05, 3.63) is 204 Å². The summed E-state index contributed by atoms with van der Waals surface area (Å²) in [5, 5.41) is 0. The second-order valence-corrected chi connectivity index (χ2v) is 26.2. The van der Waals surface area contributed by atoms with Crippen LogP contribution >= 0.6 is 0 Å². The third-order valence-corrected chi connectivity index (χ3v) is 20.2. The van der Waals surface area contributed by atoms with Crippen LogP contribution in [0.4, 0.5) is 39.8 Å². The zero-order valence-corrected chi connectivity index (χ0v) is 45.8. The van der Waals surface area contributed by atoms with Gasteiger partial charge in [0, 0.05) is 50.6 Å². The van der Waals surface area contributed by atoms with E-state index in [-0.39, 0.29) is 39.5 Å². The zero-order valence-electron chi connectivity index (χ0n) is 45.8. The first-order chi connectivity index (χ1) is 36.0. The fraction of sp³-hybridized carbons (Fsp3) is 0.324. The van der Waals surface area contributed by atoms with Crippen LogP contribution in [0.2, 0.25) is 0 Å². The molecule has 0 aromatic heterocycles. The fourth-order valence-electron chi connectivity index (χ4n) is 16.1. The summed E-state index contributed by atoms with van der Waals surface area (Å²) in [6, 6.07) is 68.9. The molecule has 3 nitrogen and oxygen atoms in total. The molecule has 75 heavy (non-hydrogen) atoms. The number of fused-ring (bicyclic) bond motifs is 10. The summed E-state index contributed by atoms with van der Waals surface area (Å²) < 4.78 is 0. The molecule has 2 aliphatic carbocycles. The highest BCUT2D eigenvalue weighted by Crippen LogP contribution is 2.66. The maximum atomic E-state index is 2.96. The second kappa shape index (κ2) is 16.1. The lowest BCUT2D eigenvalue weighted by molar-refractivity contribution is 0.195. The van der Waals surface area contributed by atoms with Gasteiger partial charge in [-0.15, -0.1) is 0 Å². The number of hydrogen-bond acceptors (Lipinski definition) is 3. The molecule has 8 aromatic rings. The lowest BCUT2D eigenvalue weighted by atomic mass is 9.33. The third-order valence-electron chi connectivity index (χ3n) is 20.2. The van der Waals surface area contributed by atoms with Crippen molar-refractivity contribution in [1.29, 1.82) is 0 Å². The summed E-state index contributed by atoms with van der Waals surface area (Å²) in [4.78, 5) is 8.54. The van der Waals surface area contributed by atoms with Crippen molar-refractivity contribution in [3.8, 4) is 22.3 Å². The van der Waals surface area contributed by atoms with Crippen LogP contribution in [0, 0.1) is 0 Å². The highest BCUT2D eigenvalue weighted by molar-refractivity contribution is 7.00. The van der Waals surface area contributed by atoms with Crippen molar-refractivity contribution < 1.29 is 0 Å². The van der Waals surface area contributed by atoms with Crippen LogP contribution in [-0.4, -0.2) is 17.8 Å². The van der Waals surface area contributed by atoms with Gasteiger partial charge in [0.25, 0.3) is 6.71 Å². The minimum atomic E-state index is -0.246. The van der Waals surface area contributed by atoms with Gasteiger partial charge in [-0.3, -0.25) is 0 Å². The van der Waals surface area contributed by atoms with E-state index in [0.29, 0.717) is 0 Å². The fourth-order valence-corrected chi connectivity index (χ4v) is 16.1. The first kappa shape index (κ1) is 46.7. The summed E-state index contributed by atoms with van der Waals surface area (Å²) in [6.45, 7) is 22.4. The molecule has 374 valence electrons. The van der Waals surface area contributed by atoms with Crippen LogP contribution < -0.4 is 31.1 Å². The Bertz CT molecular complexity index is 3610. The van der Waals surface area contributed by atoms with E-state index in [2.05, 4.69) is 253 Å². The topological polar surface area (TPSA) is 9.72 Å². The number of benzene rings is 8. The largest absolute Gasteiger partial charge is 0.335 e. The maximum Gasteiger partial charge on any atom is 0.252 e. The Morgan fingerprint density at radius 3 is 1.71 bits per heavy atom. The highest BCUT2D eigenvalue weighted by Gasteiger charge is 2.64. The molecule has 2 saturated carbocycles. The summed E-state index contributed by atoms with van der Waals surface area (Å²) in [5.74, 6) is 0. The Morgan fingerprint density at radius 1 is 0.413 bits per heavy atom. The Hall–Kier alpha value is -6.78. The van der Waals surface area contributed by atoms with Crippen LogP contribution in [0.5, 0.6) is 0 Å². The molecule has 4 unspecified atom stereocenters. The molecule has 4 heteroatoms. The first-order valence-corrected chi connectivity index (χ1v) is 28.4. The van der Waals surface area contributed by atoms with Gasteiger partial charge in [-0.25, -0.2) is 0 Å². The molecule has 0 radical (unpaired) electrons. The summed E-state index contributed by atoms with van der Waals surface area (Å²) in [7, 11) is 0. The van der Waals surface area contributed by atoms with Crippen LogP contribution in [-0.2, 0) is 21.7 Å². The van der Waals surface area contributed by atoms with E-state index in [1.54, 1.807) is 5.56 Å². The van der Waals surface area contributed by atoms with Crippen molar-refractivity contribution in [3.63, 3.8) is 0 Å². The predicted octanol–water partition coefficient (Wildman–Crippen LogP) is 16.7. The van der Waals surface area contributed by atoms with Crippen LogP contribution in [0.25, 0.3) is 22.3 Å². The van der Waals surface area contributed by atoms with E-state index in [1.165, 1.54) is 133 Å². The summed E-state index contributed by atoms with van der Waals surface area (Å²) in [6.07, 6.45) is 9.47. The van der Waals surface area contributed by atoms with Gasteiger partial charge in [-0.05, 0) is 153 Å². The SMILES string of the molecule is CC(C)(C)c1cc2c3c(c1)C1(C)CCCCC1(C)N3c1cc(N3c4ccc(C(C)(C)C)cc4C4(c5ccccc5)CCCCC34C)cc3c1B2c1ccc(-c2ccccc2)cc1N3c1cccc(-c2ccccc2)c1. The second-order valence-electron chi connectivity index (χ2n) is 26.2. The van der Waals surface area contributed by atoms with Gasteiger partial charge in [0.2, 0.25) is 0 Å². The normalized spacial score (nSPS) is 24.0. The van der Waals surface area contributed by atoms with E-state index in [0.717, 1.165) is 19.3 Å². The van der Waals surface area contributed by atoms with Gasteiger partial charge in [-0.1, -0.05) is 214 Å². The van der Waals surface area contributed by atoms with Crippen LogP contribution in [0.3, 0.4) is 0 Å². The molecule has 4 heterocycles. The van der Waals surface area contributed by atoms with Crippen molar-refractivity contribution in [1.82, 2.24) is 0 Å². The van der Waals surface area contributed by atoms with Crippen molar-refractivity contribution >= 4 is 62.9 Å². The smallest absolute Gasteiger partial charge is 0.252 e. The Morgan fingerprint density at radius 2 is 1.01 bits per heavy atom. The van der Waals surface area contributed by atoms with Gasteiger partial charge in [-0.2, -0.15) is 0 Å². The molecule has 0 saturated heterocycles. The Kier molecular flexibility index (Phi) is 10.0. The van der Waals surface area contributed by atoms with E-state index in [9.17, 15) is 0 Å². The minimum absolute atomic E-state index is 0.00692. The van der Waals surface area contributed by atoms with Crippen molar-refractivity contribution in [2.24, 2.45) is 0 Å². The lowest BCUT2D eigenvalue weighted by Crippen LogP contribution is -2.64. The molecule has 6 aliphatic rings. The molecule has 0 spiro atoms. The minimum Gasteiger partial charge on any atom is -0.335 e. The zero-order chi connectivity index (χ0) is 51.4. The van der Waals surface area contributed by atoms with Crippen LogP contribution in [0.1, 0.15) is 141 Å². The van der Waals surface area contributed by atoms with Gasteiger partial charge in [0.15, 0.2) is 0 Å². The van der Waals surface area contributed by atoms with E-state index in [1.807, 2.05) is 0 Å². The monoisotopic (exact) mass is 978 g/mol. The summed E-state index contributed by atoms with van der Waals surface area (Å²) in [5.41, 5.74) is 25.2. The highest BCUT2D eigenvalue weighted by atomic mass is 15.3. The molecule has 8 aromatic carbocycles. The van der Waals surface area contributed by atoms with Crippen molar-refractivity contribution in [2.75, 3.05) is 14.7 Å². The molecule has 4 atom stereocenters. The standard InChI is InChI=1S/C71H72BN3/c1-66(2,3)52-33-35-60-56(42-52)71(51-29-17-12-18-30-51)39-22-21-38-70(71,9)74(60)55-45-62-64-63(46-55)75-65-57(68(7)36-19-20-37-69(68,75)8)43-53(67(4,5)6)44-59(65)72(64)58-34-32-50(48-26-15-11-16-27-48)41-61(58)73(62)54-31-23-28-49(40-54)47-24-13-10-14-25-47/h10-18,23-35,40-46H,19-22,36-39H2,1-9H3. The van der Waals surface area contributed by atoms with E-state index >= 15 is 0 Å². The number of nitrogens with zero attached hydrogens (tertiary/aromatic N) is 3. The predicted molar refractivity (Wildman–Crippen MR) is 320 cm³/mol. The summed E-state index contributed by atoms with van der Waals surface area (Å²) >= 11 is 0. The quantitative estimate of drug-likeness (QED) is 0.159. The number of rotatable bonds is 5. The van der Waals surface area contributed by atoms with E-state index < -0.39 is 0 Å². The van der Waals surface area contributed by atoms with Crippen LogP contribution in [0.15, 0.2) is 176 Å². The molecular weight excluding hydrogens is 906 g/mol. The number of hydrogen-bond donors (Lipinski definition) is 0. The van der Waals surface area contributed by atoms with Crippen molar-refractivity contribution in [2.45, 2.75) is 146 Å². The van der Waals surface area contributed by atoms with E-state index in [4.69, 9.17) is 0 Å². The molecule has 0 N–H and O–H groups in total. The lowest BCUT2D eigenvalue weighted by Gasteiger charge is -2.54.